The Morgan fingerprint density at radius 2 is 1.60 bits per heavy atom. The summed E-state index contributed by atoms with van der Waals surface area (Å²) < 4.78 is 46.2. The van der Waals surface area contributed by atoms with Crippen LogP contribution in [0.2, 0.25) is 0 Å². The molecule has 0 aromatic carbocycles. The second kappa shape index (κ2) is 3.42. The van der Waals surface area contributed by atoms with Crippen LogP contribution in [-0.4, -0.2) is 15.7 Å². The Kier molecular flexibility index (Phi) is 3.68. The third-order valence-corrected chi connectivity index (χ3v) is 2.58. The highest BCUT2D eigenvalue weighted by Crippen LogP contribution is 2.34. The Balaban J connectivity index is 3.89. The number of alkyl halides is 6. The van der Waals surface area contributed by atoms with E-state index < -0.39 is 17.7 Å². The molecule has 0 radical (unpaired) electrons. The monoisotopic (exact) mass is 290 g/mol. The highest BCUT2D eigenvalue weighted by atomic mass is 127. The molecule has 0 aliphatic heterocycles. The summed E-state index contributed by atoms with van der Waals surface area (Å²) in [6.07, 6.45) is -6.12. The molecule has 0 bridgehead atoms. The first kappa shape index (κ1) is 10.7. The van der Waals surface area contributed by atoms with E-state index in [4.69, 9.17) is 11.6 Å². The predicted molar refractivity (Wildman–Crippen MR) is 39.3 cm³/mol. The van der Waals surface area contributed by atoms with Crippen molar-refractivity contribution in [3.8, 4) is 0 Å². The quantitative estimate of drug-likeness (QED) is 0.416. The number of hydrogen-bond donors (Lipinski definition) is 0. The van der Waals surface area contributed by atoms with Crippen molar-refractivity contribution in [2.45, 2.75) is 17.7 Å². The molecular weight excluding hydrogens is 286 g/mol. The predicted octanol–water partition coefficient (Wildman–Crippen LogP) is 3.28. The first-order chi connectivity index (χ1) is 4.27. The van der Waals surface area contributed by atoms with Crippen LogP contribution in [0.15, 0.2) is 0 Å². The van der Waals surface area contributed by atoms with Gasteiger partial charge in [-0.15, -0.1) is 0 Å². The number of halogens is 6. The van der Waals surface area contributed by atoms with E-state index in [1.807, 2.05) is 0 Å². The molecule has 0 N–H and O–H groups in total. The van der Waals surface area contributed by atoms with Crippen LogP contribution < -0.4 is 0 Å². The van der Waals surface area contributed by atoms with Gasteiger partial charge in [0.15, 0.2) is 0 Å². The molecule has 1 atom stereocenters. The maximum atomic E-state index is 12.4. The summed E-state index contributed by atoms with van der Waals surface area (Å²) in [5.41, 5.74) is 0. The molecule has 0 rings (SSSR count). The first-order valence-corrected chi connectivity index (χ1v) is 4.18. The molecule has 0 nitrogen and oxygen atoms in total. The molecule has 0 spiro atoms. The van der Waals surface area contributed by atoms with Crippen LogP contribution in [0.4, 0.5) is 17.6 Å². The van der Waals surface area contributed by atoms with E-state index in [-0.39, 0.29) is 4.43 Å². The van der Waals surface area contributed by atoms with Gasteiger partial charge in [0.25, 0.3) is 0 Å². The van der Waals surface area contributed by atoms with E-state index in [0.29, 0.717) is 0 Å². The highest BCUT2D eigenvalue weighted by Gasteiger charge is 2.40. The Morgan fingerprint density at radius 1 is 1.20 bits per heavy atom. The summed E-state index contributed by atoms with van der Waals surface area (Å²) in [6, 6.07) is 0. The van der Waals surface area contributed by atoms with Gasteiger partial charge in [0, 0.05) is 4.43 Å². The van der Waals surface area contributed by atoms with Gasteiger partial charge in [-0.05, 0) is 0 Å². The van der Waals surface area contributed by atoms with Crippen molar-refractivity contribution in [1.29, 1.82) is 0 Å². The van der Waals surface area contributed by atoms with Crippen LogP contribution in [-0.2, 0) is 0 Å². The third kappa shape index (κ3) is 5.52. The Labute approximate surface area is 74.1 Å². The lowest BCUT2D eigenvalue weighted by Crippen LogP contribution is -2.25. The van der Waals surface area contributed by atoms with E-state index in [1.165, 1.54) is 22.6 Å². The smallest absolute Gasteiger partial charge is 0.225 e. The lowest BCUT2D eigenvalue weighted by molar-refractivity contribution is -0.148. The van der Waals surface area contributed by atoms with Crippen LogP contribution in [0, 0.1) is 0 Å². The summed E-state index contributed by atoms with van der Waals surface area (Å²) in [5.74, 6) is 0. The van der Waals surface area contributed by atoms with Crippen molar-refractivity contribution in [2.24, 2.45) is 0 Å². The minimum Gasteiger partial charge on any atom is -0.225 e. The average Bonchev–Trinajstić information content (AvgIpc) is 1.60. The van der Waals surface area contributed by atoms with Gasteiger partial charge < -0.3 is 0 Å². The van der Waals surface area contributed by atoms with Crippen molar-refractivity contribution in [2.75, 3.05) is 4.43 Å². The van der Waals surface area contributed by atoms with E-state index in [1.54, 1.807) is 0 Å². The fourth-order valence-electron chi connectivity index (χ4n) is 0.341. The van der Waals surface area contributed by atoms with E-state index in [2.05, 4.69) is 0 Å². The summed E-state index contributed by atoms with van der Waals surface area (Å²) >= 11 is 6.27. The topological polar surface area (TPSA) is 0 Å². The zero-order valence-electron chi connectivity index (χ0n) is 4.68. The van der Waals surface area contributed by atoms with Crippen LogP contribution in [0.25, 0.3) is 0 Å². The van der Waals surface area contributed by atoms with Crippen molar-refractivity contribution >= 4 is 34.2 Å². The van der Waals surface area contributed by atoms with Crippen LogP contribution in [0.1, 0.15) is 6.42 Å². The largest absolute Gasteiger partial charge is 0.393 e. The normalized spacial score (nSPS) is 18.6. The molecule has 0 heterocycles. The molecule has 0 saturated heterocycles. The Morgan fingerprint density at radius 3 is 1.70 bits per heavy atom. The molecule has 0 fully saturated rings. The van der Waals surface area contributed by atoms with E-state index >= 15 is 0 Å². The first-order valence-electron chi connectivity index (χ1n) is 2.27. The van der Waals surface area contributed by atoms with Gasteiger partial charge in [-0.2, -0.15) is 13.2 Å². The minimum atomic E-state index is -4.53. The molecule has 0 aromatic heterocycles. The fraction of sp³-hybridized carbons (Fsp3) is 1.00. The molecular formula is C4H4ClF4I. The molecule has 0 amide bonds. The van der Waals surface area contributed by atoms with Crippen molar-refractivity contribution in [3.63, 3.8) is 0 Å². The van der Waals surface area contributed by atoms with E-state index in [0.717, 1.165) is 0 Å². The summed E-state index contributed by atoms with van der Waals surface area (Å²) in [7, 11) is 0. The molecule has 10 heavy (non-hydrogen) atoms. The minimum absolute atomic E-state index is 0.369. The SMILES string of the molecule is FC(F)(F)C[C@@](F)(Cl)CI. The van der Waals surface area contributed by atoms with Gasteiger partial charge in [-0.1, -0.05) is 34.2 Å². The molecule has 0 aliphatic rings. The second-order valence-corrected chi connectivity index (χ2v) is 3.22. The standard InChI is InChI=1S/C4H4ClF4I/c5-3(6,2-10)1-4(7,8)9/h1-2H2/t3-/m0/s1. The maximum Gasteiger partial charge on any atom is 0.393 e. The third-order valence-electron chi connectivity index (χ3n) is 0.655. The lowest BCUT2D eigenvalue weighted by atomic mass is 10.3. The van der Waals surface area contributed by atoms with Crippen LogP contribution in [0.3, 0.4) is 0 Å². The average molecular weight is 290 g/mol. The van der Waals surface area contributed by atoms with Gasteiger partial charge in [0.2, 0.25) is 5.13 Å². The van der Waals surface area contributed by atoms with Gasteiger partial charge in [-0.25, -0.2) is 4.39 Å². The molecule has 0 saturated carbocycles. The molecule has 0 unspecified atom stereocenters. The van der Waals surface area contributed by atoms with Crippen molar-refractivity contribution in [1.82, 2.24) is 0 Å². The zero-order chi connectivity index (χ0) is 8.41. The van der Waals surface area contributed by atoms with Crippen LogP contribution >= 0.6 is 34.2 Å². The molecule has 62 valence electrons. The Bertz CT molecular complexity index is 110. The fourth-order valence-corrected chi connectivity index (χ4v) is 0.762. The zero-order valence-corrected chi connectivity index (χ0v) is 7.60. The highest BCUT2D eigenvalue weighted by molar-refractivity contribution is 14.1. The van der Waals surface area contributed by atoms with Crippen LogP contribution in [0.5, 0.6) is 0 Å². The molecule has 0 aliphatic carbocycles. The maximum absolute atomic E-state index is 12.4. The van der Waals surface area contributed by atoms with Crippen molar-refractivity contribution in [3.05, 3.63) is 0 Å². The van der Waals surface area contributed by atoms with Gasteiger partial charge >= 0.3 is 6.18 Å². The summed E-state index contributed by atoms with van der Waals surface area (Å²) in [5, 5.41) is -2.64. The van der Waals surface area contributed by atoms with Gasteiger partial charge in [-0.3, -0.25) is 0 Å². The van der Waals surface area contributed by atoms with E-state index in [9.17, 15) is 17.6 Å². The van der Waals surface area contributed by atoms with Crippen molar-refractivity contribution < 1.29 is 17.6 Å². The molecule has 0 aromatic rings. The summed E-state index contributed by atoms with van der Waals surface area (Å²) in [4.78, 5) is 0. The Hall–Kier alpha value is 0.740. The number of hydrogen-bond acceptors (Lipinski definition) is 0. The second-order valence-electron chi connectivity index (χ2n) is 1.78. The van der Waals surface area contributed by atoms with Gasteiger partial charge in [0.05, 0.1) is 6.42 Å². The molecule has 6 heteroatoms. The summed E-state index contributed by atoms with van der Waals surface area (Å²) in [6.45, 7) is 0. The number of rotatable bonds is 2. The van der Waals surface area contributed by atoms with Gasteiger partial charge in [0.1, 0.15) is 0 Å². The lowest BCUT2D eigenvalue weighted by Gasteiger charge is -2.15.